The molecule has 3 N–H and O–H groups in total. The summed E-state index contributed by atoms with van der Waals surface area (Å²) in [5.41, 5.74) is 7.95. The lowest BCUT2D eigenvalue weighted by Gasteiger charge is -2.12. The fraction of sp³-hybridized carbons (Fsp3) is 0.0833. The third-order valence-electron chi connectivity index (χ3n) is 4.67. The zero-order valence-electron chi connectivity index (χ0n) is 15.8. The maximum atomic E-state index is 11.2. The van der Waals surface area contributed by atoms with Gasteiger partial charge in [-0.15, -0.1) is 0 Å². The molecule has 1 amide bonds. The van der Waals surface area contributed by atoms with Crippen LogP contribution in [0, 0.1) is 0 Å². The van der Waals surface area contributed by atoms with Crippen molar-refractivity contribution in [3.8, 4) is 11.6 Å². The Labute approximate surface area is 169 Å². The number of pyridine rings is 1. The Hall–Kier alpha value is -3.86. The highest BCUT2D eigenvalue weighted by molar-refractivity contribution is 5.95. The summed E-state index contributed by atoms with van der Waals surface area (Å²) in [6, 6.07) is 25.7. The Morgan fingerprint density at radius 1 is 0.966 bits per heavy atom. The van der Waals surface area contributed by atoms with Crippen LogP contribution in [0.5, 0.6) is 11.6 Å². The number of aromatic nitrogens is 1. The standard InChI is InChI=1S/C24H21N3O2/c25-24(28)19-10-12-23(27-16-19)29-20-11-9-18-7-4-8-22(21(18)15-20)26-14-13-17-5-2-1-3-6-17/h1-12,15-16,26H,13-14H2,(H2,25,28). The van der Waals surface area contributed by atoms with Gasteiger partial charge in [0.05, 0.1) is 5.56 Å². The number of benzene rings is 3. The van der Waals surface area contributed by atoms with Gasteiger partial charge in [0.1, 0.15) is 5.75 Å². The van der Waals surface area contributed by atoms with Crippen molar-refractivity contribution in [2.75, 3.05) is 11.9 Å². The number of carbonyl (C=O) groups excluding carboxylic acids is 1. The second-order valence-corrected chi connectivity index (χ2v) is 6.70. The molecule has 1 aromatic heterocycles. The first-order chi connectivity index (χ1) is 14.2. The topological polar surface area (TPSA) is 77.2 Å². The summed E-state index contributed by atoms with van der Waals surface area (Å²) in [6.07, 6.45) is 2.36. The molecule has 0 aliphatic heterocycles. The summed E-state index contributed by atoms with van der Waals surface area (Å²) in [6.45, 7) is 0.838. The molecule has 0 aliphatic carbocycles. The lowest BCUT2D eigenvalue weighted by atomic mass is 10.1. The van der Waals surface area contributed by atoms with Crippen LogP contribution in [0.1, 0.15) is 15.9 Å². The molecule has 0 fully saturated rings. The fourth-order valence-corrected chi connectivity index (χ4v) is 3.16. The third-order valence-corrected chi connectivity index (χ3v) is 4.67. The van der Waals surface area contributed by atoms with Gasteiger partial charge in [0.2, 0.25) is 11.8 Å². The van der Waals surface area contributed by atoms with Crippen LogP contribution in [-0.4, -0.2) is 17.4 Å². The van der Waals surface area contributed by atoms with Gasteiger partial charge in [0.25, 0.3) is 0 Å². The van der Waals surface area contributed by atoms with E-state index in [1.807, 2.05) is 30.3 Å². The summed E-state index contributed by atoms with van der Waals surface area (Å²) in [7, 11) is 0. The van der Waals surface area contributed by atoms with Crippen LogP contribution in [0.15, 0.2) is 85.1 Å². The average molecular weight is 383 g/mol. The molecule has 0 bridgehead atoms. The van der Waals surface area contributed by atoms with E-state index in [2.05, 4.69) is 46.7 Å². The second kappa shape index (κ2) is 8.44. The van der Waals surface area contributed by atoms with E-state index in [4.69, 9.17) is 10.5 Å². The number of amides is 1. The van der Waals surface area contributed by atoms with E-state index in [9.17, 15) is 4.79 Å². The Bertz CT molecular complexity index is 1130. The highest BCUT2D eigenvalue weighted by Gasteiger charge is 2.06. The van der Waals surface area contributed by atoms with Crippen molar-refractivity contribution in [2.24, 2.45) is 5.73 Å². The first-order valence-electron chi connectivity index (χ1n) is 9.43. The monoisotopic (exact) mass is 383 g/mol. The van der Waals surface area contributed by atoms with Gasteiger partial charge in [0, 0.05) is 29.9 Å². The lowest BCUT2D eigenvalue weighted by molar-refractivity contribution is 0.1000. The molecular weight excluding hydrogens is 362 g/mol. The molecule has 5 heteroatoms. The van der Waals surface area contributed by atoms with Crippen LogP contribution in [-0.2, 0) is 6.42 Å². The molecule has 4 rings (SSSR count). The summed E-state index contributed by atoms with van der Waals surface area (Å²) >= 11 is 0. The molecule has 0 saturated heterocycles. The quantitative estimate of drug-likeness (QED) is 0.481. The average Bonchev–Trinajstić information content (AvgIpc) is 2.75. The Morgan fingerprint density at radius 3 is 2.59 bits per heavy atom. The molecule has 0 radical (unpaired) electrons. The molecular formula is C24H21N3O2. The Kier molecular flexibility index (Phi) is 5.38. The maximum absolute atomic E-state index is 11.2. The predicted octanol–water partition coefficient (Wildman–Crippen LogP) is 4.78. The molecule has 144 valence electrons. The minimum absolute atomic E-state index is 0.348. The van der Waals surface area contributed by atoms with Gasteiger partial charge in [-0.25, -0.2) is 4.98 Å². The van der Waals surface area contributed by atoms with E-state index in [0.29, 0.717) is 17.2 Å². The summed E-state index contributed by atoms with van der Waals surface area (Å²) in [5, 5.41) is 5.72. The number of primary amides is 1. The minimum Gasteiger partial charge on any atom is -0.439 e. The highest BCUT2D eigenvalue weighted by atomic mass is 16.5. The summed E-state index contributed by atoms with van der Waals surface area (Å²) < 4.78 is 5.86. The van der Waals surface area contributed by atoms with Crippen LogP contribution < -0.4 is 15.8 Å². The van der Waals surface area contributed by atoms with Crippen LogP contribution in [0.2, 0.25) is 0 Å². The van der Waals surface area contributed by atoms with Gasteiger partial charge in [-0.1, -0.05) is 48.5 Å². The molecule has 29 heavy (non-hydrogen) atoms. The molecule has 0 spiro atoms. The fourth-order valence-electron chi connectivity index (χ4n) is 3.16. The molecule has 1 heterocycles. The third kappa shape index (κ3) is 4.52. The molecule has 0 atom stereocenters. The first kappa shape index (κ1) is 18.5. The van der Waals surface area contributed by atoms with E-state index in [1.54, 1.807) is 12.1 Å². The summed E-state index contributed by atoms with van der Waals surface area (Å²) in [5.74, 6) is 0.568. The number of nitrogens with zero attached hydrogens (tertiary/aromatic N) is 1. The van der Waals surface area contributed by atoms with Gasteiger partial charge in [-0.05, 0) is 41.6 Å². The van der Waals surface area contributed by atoms with Crippen molar-refractivity contribution >= 4 is 22.4 Å². The van der Waals surface area contributed by atoms with Crippen LogP contribution in [0.25, 0.3) is 10.8 Å². The number of anilines is 1. The Balaban J connectivity index is 1.51. The van der Waals surface area contributed by atoms with Crippen LogP contribution >= 0.6 is 0 Å². The molecule has 0 aliphatic rings. The number of nitrogens with one attached hydrogen (secondary N) is 1. The number of rotatable bonds is 7. The van der Waals surface area contributed by atoms with E-state index in [-0.39, 0.29) is 0 Å². The largest absolute Gasteiger partial charge is 0.439 e. The number of carbonyl (C=O) groups is 1. The van der Waals surface area contributed by atoms with Gasteiger partial charge in [-0.2, -0.15) is 0 Å². The van der Waals surface area contributed by atoms with Gasteiger partial charge < -0.3 is 15.8 Å². The van der Waals surface area contributed by atoms with Crippen LogP contribution in [0.3, 0.4) is 0 Å². The highest BCUT2D eigenvalue weighted by Crippen LogP contribution is 2.29. The van der Waals surface area contributed by atoms with Crippen molar-refractivity contribution in [1.29, 1.82) is 0 Å². The van der Waals surface area contributed by atoms with Gasteiger partial charge in [-0.3, -0.25) is 4.79 Å². The minimum atomic E-state index is -0.513. The van der Waals surface area contributed by atoms with E-state index >= 15 is 0 Å². The zero-order valence-corrected chi connectivity index (χ0v) is 15.8. The SMILES string of the molecule is NC(=O)c1ccc(Oc2ccc3cccc(NCCc4ccccc4)c3c2)nc1. The molecule has 5 nitrogen and oxygen atoms in total. The smallest absolute Gasteiger partial charge is 0.250 e. The zero-order chi connectivity index (χ0) is 20.1. The number of fused-ring (bicyclic) bond motifs is 1. The van der Waals surface area contributed by atoms with E-state index in [1.165, 1.54) is 11.8 Å². The van der Waals surface area contributed by atoms with Crippen molar-refractivity contribution in [3.63, 3.8) is 0 Å². The number of ether oxygens (including phenoxy) is 1. The number of hydrogen-bond acceptors (Lipinski definition) is 4. The van der Waals surface area contributed by atoms with Gasteiger partial charge in [0.15, 0.2) is 0 Å². The molecule has 4 aromatic rings. The van der Waals surface area contributed by atoms with E-state index < -0.39 is 5.91 Å². The summed E-state index contributed by atoms with van der Waals surface area (Å²) in [4.78, 5) is 15.3. The van der Waals surface area contributed by atoms with Crippen molar-refractivity contribution in [3.05, 3.63) is 96.2 Å². The van der Waals surface area contributed by atoms with Crippen LogP contribution in [0.4, 0.5) is 5.69 Å². The second-order valence-electron chi connectivity index (χ2n) is 6.70. The molecule has 3 aromatic carbocycles. The van der Waals surface area contributed by atoms with Crippen molar-refractivity contribution in [1.82, 2.24) is 4.98 Å². The van der Waals surface area contributed by atoms with Gasteiger partial charge >= 0.3 is 0 Å². The number of hydrogen-bond donors (Lipinski definition) is 2. The molecule has 0 saturated carbocycles. The Morgan fingerprint density at radius 2 is 1.83 bits per heavy atom. The number of nitrogens with two attached hydrogens (primary N) is 1. The van der Waals surface area contributed by atoms with Crippen molar-refractivity contribution < 1.29 is 9.53 Å². The lowest BCUT2D eigenvalue weighted by Crippen LogP contribution is -2.10. The molecule has 0 unspecified atom stereocenters. The predicted molar refractivity (Wildman–Crippen MR) is 115 cm³/mol. The normalized spacial score (nSPS) is 10.6. The first-order valence-corrected chi connectivity index (χ1v) is 9.43. The maximum Gasteiger partial charge on any atom is 0.250 e. The van der Waals surface area contributed by atoms with Crippen molar-refractivity contribution in [2.45, 2.75) is 6.42 Å². The van der Waals surface area contributed by atoms with E-state index in [0.717, 1.165) is 29.4 Å².